The minimum absolute atomic E-state index is 0.250. The molecule has 0 saturated carbocycles. The summed E-state index contributed by atoms with van der Waals surface area (Å²) >= 11 is 0. The van der Waals surface area contributed by atoms with Gasteiger partial charge in [0.15, 0.2) is 6.10 Å². The highest BCUT2D eigenvalue weighted by Gasteiger charge is 2.60. The number of methoxy groups -OCH3 is 1. The first-order chi connectivity index (χ1) is 15.1. The molecule has 2 amide bonds. The van der Waals surface area contributed by atoms with Gasteiger partial charge in [-0.25, -0.2) is 9.96 Å². The number of ether oxygens (including phenoxy) is 1. The Morgan fingerprint density at radius 3 is 2.23 bits per heavy atom. The van der Waals surface area contributed by atoms with Crippen LogP contribution in [0.4, 0.5) is 11.4 Å². The van der Waals surface area contributed by atoms with Crippen LogP contribution in [0.25, 0.3) is 0 Å². The minimum atomic E-state index is -0.875. The standard InChI is InChI=1S/C25H22N2O4/c1-16-7-6-10-19(15-16)26-24(28)21-22(17-11-13-20(30-2)14-12-17)27(31-23(21)25(26)29)18-8-4-3-5-9-18/h3-15,21-23H,1-2H3/t21-,22+,23-/m1/s1. The lowest BCUT2D eigenvalue weighted by Gasteiger charge is -2.28. The third kappa shape index (κ3) is 3.16. The quantitative estimate of drug-likeness (QED) is 0.603. The molecule has 31 heavy (non-hydrogen) atoms. The number of carbonyl (C=O) groups is 2. The average molecular weight is 414 g/mol. The Balaban J connectivity index is 1.58. The monoisotopic (exact) mass is 414 g/mol. The Labute approximate surface area is 180 Å². The van der Waals surface area contributed by atoms with Gasteiger partial charge in [-0.2, -0.15) is 0 Å². The molecule has 3 atom stereocenters. The number of hydroxylamine groups is 1. The van der Waals surface area contributed by atoms with Crippen molar-refractivity contribution in [1.29, 1.82) is 0 Å². The van der Waals surface area contributed by atoms with Gasteiger partial charge in [0, 0.05) is 0 Å². The Morgan fingerprint density at radius 2 is 1.55 bits per heavy atom. The van der Waals surface area contributed by atoms with Crippen LogP contribution in [0.2, 0.25) is 0 Å². The summed E-state index contributed by atoms with van der Waals surface area (Å²) in [6.07, 6.45) is -0.875. The van der Waals surface area contributed by atoms with E-state index < -0.39 is 18.1 Å². The Bertz CT molecular complexity index is 1130. The number of hydrogen-bond donors (Lipinski definition) is 0. The third-order valence-corrected chi connectivity index (χ3v) is 5.84. The molecule has 0 unspecified atom stereocenters. The Hall–Kier alpha value is -3.64. The average Bonchev–Trinajstić information content (AvgIpc) is 3.30. The van der Waals surface area contributed by atoms with Gasteiger partial charge in [-0.15, -0.1) is 0 Å². The molecule has 3 aromatic rings. The maximum absolute atomic E-state index is 13.6. The topological polar surface area (TPSA) is 59.1 Å². The first-order valence-corrected chi connectivity index (χ1v) is 10.2. The van der Waals surface area contributed by atoms with Crippen molar-refractivity contribution in [2.45, 2.75) is 19.1 Å². The molecule has 5 rings (SSSR count). The van der Waals surface area contributed by atoms with Gasteiger partial charge in [-0.05, 0) is 54.4 Å². The van der Waals surface area contributed by atoms with Crippen LogP contribution in [0.3, 0.4) is 0 Å². The zero-order valence-electron chi connectivity index (χ0n) is 17.3. The first kappa shape index (κ1) is 19.3. The summed E-state index contributed by atoms with van der Waals surface area (Å²) in [5.74, 6) is -0.514. The lowest BCUT2D eigenvalue weighted by Crippen LogP contribution is -2.37. The summed E-state index contributed by atoms with van der Waals surface area (Å²) in [6, 6.07) is 24.0. The number of anilines is 2. The van der Waals surface area contributed by atoms with Crippen molar-refractivity contribution >= 4 is 23.2 Å². The molecule has 2 aliphatic rings. The highest BCUT2D eigenvalue weighted by Crippen LogP contribution is 2.47. The molecule has 156 valence electrons. The van der Waals surface area contributed by atoms with Crippen LogP contribution in [-0.4, -0.2) is 25.0 Å². The number of para-hydroxylation sites is 1. The first-order valence-electron chi connectivity index (χ1n) is 10.2. The lowest BCUT2D eigenvalue weighted by atomic mass is 9.90. The van der Waals surface area contributed by atoms with Crippen molar-refractivity contribution in [3.8, 4) is 5.75 Å². The summed E-state index contributed by atoms with van der Waals surface area (Å²) < 4.78 is 5.28. The number of nitrogens with zero attached hydrogens (tertiary/aromatic N) is 2. The molecule has 6 nitrogen and oxygen atoms in total. The van der Waals surface area contributed by atoms with Crippen LogP contribution in [0.5, 0.6) is 5.75 Å². The molecule has 0 spiro atoms. The molecule has 2 aliphatic heterocycles. The van der Waals surface area contributed by atoms with E-state index in [9.17, 15) is 9.59 Å². The number of hydrogen-bond acceptors (Lipinski definition) is 5. The smallest absolute Gasteiger partial charge is 0.266 e. The second-order valence-corrected chi connectivity index (χ2v) is 7.78. The molecule has 3 aromatic carbocycles. The lowest BCUT2D eigenvalue weighted by molar-refractivity contribution is -0.126. The number of benzene rings is 3. The fourth-order valence-electron chi connectivity index (χ4n) is 4.37. The van der Waals surface area contributed by atoms with Crippen LogP contribution in [-0.2, 0) is 14.4 Å². The Morgan fingerprint density at radius 1 is 0.839 bits per heavy atom. The van der Waals surface area contributed by atoms with Gasteiger partial charge in [0.05, 0.1) is 24.5 Å². The van der Waals surface area contributed by atoms with E-state index in [4.69, 9.17) is 9.57 Å². The van der Waals surface area contributed by atoms with Crippen LogP contribution in [0.1, 0.15) is 17.2 Å². The predicted octanol–water partition coefficient (Wildman–Crippen LogP) is 4.05. The maximum Gasteiger partial charge on any atom is 0.266 e. The number of imide groups is 1. The largest absolute Gasteiger partial charge is 0.497 e. The molecule has 0 N–H and O–H groups in total. The highest BCUT2D eigenvalue weighted by molar-refractivity contribution is 6.23. The second-order valence-electron chi connectivity index (χ2n) is 7.78. The van der Waals surface area contributed by atoms with E-state index in [1.54, 1.807) is 18.2 Å². The van der Waals surface area contributed by atoms with Gasteiger partial charge >= 0.3 is 0 Å². The molecular weight excluding hydrogens is 392 g/mol. The van der Waals surface area contributed by atoms with E-state index >= 15 is 0 Å². The maximum atomic E-state index is 13.6. The zero-order valence-corrected chi connectivity index (χ0v) is 17.3. The number of fused-ring (bicyclic) bond motifs is 1. The third-order valence-electron chi connectivity index (χ3n) is 5.84. The molecule has 0 aliphatic carbocycles. The minimum Gasteiger partial charge on any atom is -0.497 e. The second kappa shape index (κ2) is 7.56. The van der Waals surface area contributed by atoms with Crippen LogP contribution in [0, 0.1) is 12.8 Å². The van der Waals surface area contributed by atoms with Crippen molar-refractivity contribution in [2.24, 2.45) is 5.92 Å². The van der Waals surface area contributed by atoms with Gasteiger partial charge in [0.25, 0.3) is 5.91 Å². The zero-order chi connectivity index (χ0) is 21.5. The van der Waals surface area contributed by atoms with Gasteiger partial charge in [0.2, 0.25) is 5.91 Å². The summed E-state index contributed by atoms with van der Waals surface area (Å²) in [5, 5.41) is 1.69. The van der Waals surface area contributed by atoms with E-state index in [1.165, 1.54) is 4.90 Å². The van der Waals surface area contributed by atoms with Crippen molar-refractivity contribution in [3.05, 3.63) is 90.0 Å². The van der Waals surface area contributed by atoms with Gasteiger partial charge in [-0.3, -0.25) is 14.4 Å². The molecular formula is C25H22N2O4. The fourth-order valence-corrected chi connectivity index (χ4v) is 4.37. The van der Waals surface area contributed by atoms with Gasteiger partial charge < -0.3 is 4.74 Å². The van der Waals surface area contributed by atoms with Gasteiger partial charge in [0.1, 0.15) is 11.7 Å². The van der Waals surface area contributed by atoms with Crippen molar-refractivity contribution in [3.63, 3.8) is 0 Å². The van der Waals surface area contributed by atoms with E-state index in [0.29, 0.717) is 5.69 Å². The number of rotatable bonds is 4. The molecule has 6 heteroatoms. The van der Waals surface area contributed by atoms with Crippen LogP contribution in [0.15, 0.2) is 78.9 Å². The van der Waals surface area contributed by atoms with E-state index in [0.717, 1.165) is 22.6 Å². The van der Waals surface area contributed by atoms with Gasteiger partial charge in [-0.1, -0.05) is 42.5 Å². The van der Waals surface area contributed by atoms with E-state index in [2.05, 4.69) is 0 Å². The molecule has 0 bridgehead atoms. The Kier molecular flexibility index (Phi) is 4.71. The molecule has 2 saturated heterocycles. The SMILES string of the molecule is COc1ccc([C@H]2[C@H]3C(=O)N(c4cccc(C)c4)C(=O)[C@@H]3ON2c2ccccc2)cc1. The summed E-state index contributed by atoms with van der Waals surface area (Å²) in [4.78, 5) is 34.3. The summed E-state index contributed by atoms with van der Waals surface area (Å²) in [6.45, 7) is 1.93. The number of carbonyl (C=O) groups excluding carboxylic acids is 2. The molecule has 0 radical (unpaired) electrons. The molecule has 0 aromatic heterocycles. The van der Waals surface area contributed by atoms with Crippen molar-refractivity contribution in [2.75, 3.05) is 17.1 Å². The highest BCUT2D eigenvalue weighted by atomic mass is 16.7. The van der Waals surface area contributed by atoms with E-state index in [1.807, 2.05) is 79.7 Å². The summed E-state index contributed by atoms with van der Waals surface area (Å²) in [5.41, 5.74) is 3.23. The molecule has 2 heterocycles. The normalized spacial score (nSPS) is 22.7. The number of aryl methyl sites for hydroxylation is 1. The summed E-state index contributed by atoms with van der Waals surface area (Å²) in [7, 11) is 1.61. The number of amides is 2. The van der Waals surface area contributed by atoms with Crippen molar-refractivity contribution in [1.82, 2.24) is 0 Å². The van der Waals surface area contributed by atoms with E-state index in [-0.39, 0.29) is 11.8 Å². The fraction of sp³-hybridized carbons (Fsp3) is 0.200. The van der Waals surface area contributed by atoms with Crippen molar-refractivity contribution < 1.29 is 19.2 Å². The molecule has 2 fully saturated rings. The predicted molar refractivity (Wildman–Crippen MR) is 117 cm³/mol. The van der Waals surface area contributed by atoms with Crippen LogP contribution < -0.4 is 14.7 Å². The van der Waals surface area contributed by atoms with Crippen LogP contribution >= 0.6 is 0 Å².